The fourth-order valence-electron chi connectivity index (χ4n) is 3.09. The van der Waals surface area contributed by atoms with Crippen molar-refractivity contribution in [1.82, 2.24) is 15.3 Å². The van der Waals surface area contributed by atoms with Gasteiger partial charge in [0.1, 0.15) is 10.7 Å². The van der Waals surface area contributed by atoms with Crippen molar-refractivity contribution >= 4 is 28.7 Å². The lowest BCUT2D eigenvalue weighted by molar-refractivity contribution is -0.119. The van der Waals surface area contributed by atoms with Crippen molar-refractivity contribution in [3.8, 4) is 11.3 Å². The summed E-state index contributed by atoms with van der Waals surface area (Å²) in [6, 6.07) is 17.8. The van der Waals surface area contributed by atoms with Gasteiger partial charge in [-0.25, -0.2) is 9.97 Å². The number of aromatic nitrogens is 2. The predicted octanol–water partition coefficient (Wildman–Crippen LogP) is 3.68. The average molecular weight is 379 g/mol. The molecule has 1 unspecified atom stereocenters. The molecule has 1 fully saturated rings. The number of carbonyl (C=O) groups excluding carboxylic acids is 1. The van der Waals surface area contributed by atoms with Crippen LogP contribution in [-0.4, -0.2) is 40.9 Å². The summed E-state index contributed by atoms with van der Waals surface area (Å²) >= 11 is 1.42. The molecule has 138 valence electrons. The monoisotopic (exact) mass is 379 g/mol. The molecule has 3 aromatic rings. The van der Waals surface area contributed by atoms with E-state index in [1.54, 1.807) is 0 Å². The zero-order valence-electron chi connectivity index (χ0n) is 14.9. The van der Waals surface area contributed by atoms with Crippen LogP contribution in [-0.2, 0) is 9.53 Å². The van der Waals surface area contributed by atoms with E-state index in [1.165, 1.54) is 11.8 Å². The lowest BCUT2D eigenvalue weighted by atomic mass is 10.1. The van der Waals surface area contributed by atoms with E-state index < -0.39 is 0 Å². The third-order valence-corrected chi connectivity index (χ3v) is 5.44. The van der Waals surface area contributed by atoms with Crippen LogP contribution in [0, 0.1) is 0 Å². The number of amides is 1. The summed E-state index contributed by atoms with van der Waals surface area (Å²) in [5.41, 5.74) is 3.49. The lowest BCUT2D eigenvalue weighted by Crippen LogP contribution is -2.32. The fourth-order valence-corrected chi connectivity index (χ4v) is 3.92. The molecule has 0 spiro atoms. The van der Waals surface area contributed by atoms with Gasteiger partial charge >= 0.3 is 0 Å². The van der Waals surface area contributed by atoms with Crippen LogP contribution in [0.1, 0.15) is 12.8 Å². The molecule has 1 atom stereocenters. The topological polar surface area (TPSA) is 64.1 Å². The van der Waals surface area contributed by atoms with Gasteiger partial charge in [-0.05, 0) is 25.0 Å². The number of hydrogen-bond donors (Lipinski definition) is 1. The van der Waals surface area contributed by atoms with Crippen molar-refractivity contribution in [3.05, 3.63) is 54.6 Å². The number of nitrogens with zero attached hydrogens (tertiary/aromatic N) is 2. The molecule has 5 nitrogen and oxygen atoms in total. The van der Waals surface area contributed by atoms with Crippen LogP contribution in [0.25, 0.3) is 22.3 Å². The highest BCUT2D eigenvalue weighted by Crippen LogP contribution is 2.30. The summed E-state index contributed by atoms with van der Waals surface area (Å²) in [6.45, 7) is 1.37. The van der Waals surface area contributed by atoms with Gasteiger partial charge in [-0.3, -0.25) is 4.79 Å². The summed E-state index contributed by atoms with van der Waals surface area (Å²) in [6.07, 6.45) is 2.24. The smallest absolute Gasteiger partial charge is 0.230 e. The van der Waals surface area contributed by atoms with Crippen LogP contribution in [0.15, 0.2) is 59.6 Å². The van der Waals surface area contributed by atoms with Gasteiger partial charge in [0, 0.05) is 18.7 Å². The number of hydrogen-bond acceptors (Lipinski definition) is 5. The first-order valence-electron chi connectivity index (χ1n) is 9.13. The van der Waals surface area contributed by atoms with E-state index in [0.717, 1.165) is 46.8 Å². The Hall–Kier alpha value is -2.44. The number of carbonyl (C=O) groups is 1. The number of nitrogens with one attached hydrogen (secondary N) is 1. The van der Waals surface area contributed by atoms with Crippen molar-refractivity contribution in [2.24, 2.45) is 0 Å². The molecule has 1 aromatic heterocycles. The second-order valence-corrected chi connectivity index (χ2v) is 7.42. The van der Waals surface area contributed by atoms with Gasteiger partial charge in [0.25, 0.3) is 0 Å². The number of rotatable bonds is 6. The molecule has 0 saturated carbocycles. The largest absolute Gasteiger partial charge is 0.376 e. The zero-order chi connectivity index (χ0) is 18.5. The number of thioether (sulfide) groups is 1. The minimum Gasteiger partial charge on any atom is -0.376 e. The number of benzene rings is 2. The van der Waals surface area contributed by atoms with Crippen molar-refractivity contribution in [3.63, 3.8) is 0 Å². The van der Waals surface area contributed by atoms with E-state index in [2.05, 4.69) is 5.32 Å². The number of fused-ring (bicyclic) bond motifs is 1. The molecular formula is C21H21N3O2S. The Morgan fingerprint density at radius 1 is 1.07 bits per heavy atom. The average Bonchev–Trinajstić information content (AvgIpc) is 3.24. The van der Waals surface area contributed by atoms with Gasteiger partial charge in [-0.2, -0.15) is 0 Å². The standard InChI is InChI=1S/C21H21N3O2S/c25-19(22-13-16-9-6-12-26-16)14-27-21-20(15-7-2-1-3-8-15)23-17-10-4-5-11-18(17)24-21/h1-5,7-8,10-11,16H,6,9,12-14H2,(H,22,25). The number of ether oxygens (including phenoxy) is 1. The molecule has 6 heteroatoms. The van der Waals surface area contributed by atoms with Gasteiger partial charge in [-0.1, -0.05) is 54.2 Å². The highest BCUT2D eigenvalue weighted by atomic mass is 32.2. The zero-order valence-corrected chi connectivity index (χ0v) is 15.7. The fraction of sp³-hybridized carbons (Fsp3) is 0.286. The van der Waals surface area contributed by atoms with Crippen LogP contribution in [0.3, 0.4) is 0 Å². The van der Waals surface area contributed by atoms with Crippen LogP contribution in [0.5, 0.6) is 0 Å². The first-order chi connectivity index (χ1) is 13.3. The van der Waals surface area contributed by atoms with Crippen molar-refractivity contribution in [1.29, 1.82) is 0 Å². The van der Waals surface area contributed by atoms with Crippen LogP contribution >= 0.6 is 11.8 Å². The Morgan fingerprint density at radius 3 is 2.56 bits per heavy atom. The van der Waals surface area contributed by atoms with E-state index in [1.807, 2.05) is 54.6 Å². The molecule has 0 radical (unpaired) electrons. The molecule has 2 heterocycles. The minimum absolute atomic E-state index is 0.00975. The summed E-state index contributed by atoms with van der Waals surface area (Å²) in [4.78, 5) is 21.8. The minimum atomic E-state index is -0.00975. The highest BCUT2D eigenvalue weighted by Gasteiger charge is 2.17. The Morgan fingerprint density at radius 2 is 1.81 bits per heavy atom. The van der Waals surface area contributed by atoms with Crippen molar-refractivity contribution < 1.29 is 9.53 Å². The van der Waals surface area contributed by atoms with E-state index in [0.29, 0.717) is 12.3 Å². The SMILES string of the molecule is O=C(CSc1nc2ccccc2nc1-c1ccccc1)NCC1CCCO1. The number of para-hydroxylation sites is 2. The summed E-state index contributed by atoms with van der Waals surface area (Å²) in [5.74, 6) is 0.295. The second-order valence-electron chi connectivity index (χ2n) is 6.46. The van der Waals surface area contributed by atoms with E-state index in [9.17, 15) is 4.79 Å². The Bertz CT molecular complexity index is 927. The third kappa shape index (κ3) is 4.46. The molecule has 1 amide bonds. The Kier molecular flexibility index (Phi) is 5.65. The molecule has 4 rings (SSSR count). The van der Waals surface area contributed by atoms with Gasteiger partial charge < -0.3 is 10.1 Å². The van der Waals surface area contributed by atoms with Crippen molar-refractivity contribution in [2.75, 3.05) is 18.9 Å². The maximum absolute atomic E-state index is 12.2. The van der Waals surface area contributed by atoms with E-state index in [-0.39, 0.29) is 12.0 Å². The third-order valence-electron chi connectivity index (χ3n) is 4.48. The molecule has 2 aromatic carbocycles. The van der Waals surface area contributed by atoms with Crippen LogP contribution in [0.4, 0.5) is 0 Å². The summed E-state index contributed by atoms with van der Waals surface area (Å²) in [7, 11) is 0. The quantitative estimate of drug-likeness (QED) is 0.662. The maximum atomic E-state index is 12.2. The molecular weight excluding hydrogens is 358 g/mol. The molecule has 1 aliphatic rings. The van der Waals surface area contributed by atoms with E-state index in [4.69, 9.17) is 14.7 Å². The molecule has 0 aliphatic carbocycles. The second kappa shape index (κ2) is 8.50. The normalized spacial score (nSPS) is 16.5. The molecule has 0 bridgehead atoms. The van der Waals surface area contributed by atoms with E-state index >= 15 is 0 Å². The predicted molar refractivity (Wildman–Crippen MR) is 108 cm³/mol. The van der Waals surface area contributed by atoms with Gasteiger partial charge in [0.2, 0.25) is 5.91 Å². The Labute approximate surface area is 162 Å². The molecule has 1 N–H and O–H groups in total. The molecule has 1 aliphatic heterocycles. The van der Waals surface area contributed by atoms with Crippen LogP contribution < -0.4 is 5.32 Å². The van der Waals surface area contributed by atoms with Crippen LogP contribution in [0.2, 0.25) is 0 Å². The van der Waals surface area contributed by atoms with Gasteiger partial charge in [0.05, 0.1) is 22.9 Å². The highest BCUT2D eigenvalue weighted by molar-refractivity contribution is 8.00. The molecule has 27 heavy (non-hydrogen) atoms. The first-order valence-corrected chi connectivity index (χ1v) is 10.1. The Balaban J connectivity index is 1.51. The lowest BCUT2D eigenvalue weighted by Gasteiger charge is -2.12. The summed E-state index contributed by atoms with van der Waals surface area (Å²) < 4.78 is 5.55. The van der Waals surface area contributed by atoms with Gasteiger partial charge in [-0.15, -0.1) is 0 Å². The first kappa shape index (κ1) is 17.9. The van der Waals surface area contributed by atoms with Crippen molar-refractivity contribution in [2.45, 2.75) is 24.0 Å². The van der Waals surface area contributed by atoms with Gasteiger partial charge in [0.15, 0.2) is 0 Å². The summed E-state index contributed by atoms with van der Waals surface area (Å²) in [5, 5.41) is 3.73. The maximum Gasteiger partial charge on any atom is 0.230 e. The molecule has 1 saturated heterocycles.